The maximum atomic E-state index is 14.0. The van der Waals surface area contributed by atoms with Crippen molar-refractivity contribution in [3.05, 3.63) is 53.3 Å². The van der Waals surface area contributed by atoms with E-state index in [4.69, 9.17) is 25.8 Å². The molecule has 0 radical (unpaired) electrons. The number of esters is 1. The van der Waals surface area contributed by atoms with Crippen molar-refractivity contribution in [3.8, 4) is 22.8 Å². The van der Waals surface area contributed by atoms with Gasteiger partial charge in [0.2, 0.25) is 0 Å². The summed E-state index contributed by atoms with van der Waals surface area (Å²) in [4.78, 5) is 16.9. The Hall–Kier alpha value is -2.86. The molecule has 33 heavy (non-hydrogen) atoms. The highest BCUT2D eigenvalue weighted by Crippen LogP contribution is 2.34. The molecule has 0 N–H and O–H groups in total. The molecule has 3 aromatic rings. The van der Waals surface area contributed by atoms with Crippen molar-refractivity contribution in [2.45, 2.75) is 51.7 Å². The van der Waals surface area contributed by atoms with Crippen molar-refractivity contribution in [1.29, 1.82) is 0 Å². The van der Waals surface area contributed by atoms with E-state index in [9.17, 15) is 9.18 Å². The quantitative estimate of drug-likeness (QED) is 0.393. The van der Waals surface area contributed by atoms with Gasteiger partial charge in [-0.05, 0) is 76.4 Å². The molecule has 0 aliphatic heterocycles. The van der Waals surface area contributed by atoms with Gasteiger partial charge in [-0.2, -0.15) is 0 Å². The van der Waals surface area contributed by atoms with Gasteiger partial charge in [-0.1, -0.05) is 11.6 Å². The molecule has 7 heteroatoms. The maximum Gasteiger partial charge on any atom is 0.309 e. The van der Waals surface area contributed by atoms with Gasteiger partial charge in [0.1, 0.15) is 11.4 Å². The molecule has 0 spiro atoms. The second kappa shape index (κ2) is 9.18. The molecule has 5 nitrogen and oxygen atoms in total. The standard InChI is InChI=1S/C26H27ClFNO4/c1-26(2,3)33-25(30)16-7-10-18(11-16)32-17-8-5-15(6-9-17)22-13-20(27)19-12-21(28)24(31-4)14-23(19)29-22/h5-6,8-9,12-14,16,18H,7,10-11H2,1-4H3. The molecule has 2 unspecified atom stereocenters. The number of halogens is 2. The van der Waals surface area contributed by atoms with Crippen LogP contribution in [0.1, 0.15) is 40.0 Å². The van der Waals surface area contributed by atoms with E-state index < -0.39 is 11.4 Å². The van der Waals surface area contributed by atoms with E-state index in [0.717, 1.165) is 24.2 Å². The molecule has 4 rings (SSSR count). The zero-order chi connectivity index (χ0) is 23.8. The molecule has 174 valence electrons. The van der Waals surface area contributed by atoms with Crippen molar-refractivity contribution < 1.29 is 23.4 Å². The van der Waals surface area contributed by atoms with Crippen LogP contribution in [0.3, 0.4) is 0 Å². The number of nitrogens with zero attached hydrogens (tertiary/aromatic N) is 1. The number of fused-ring (bicyclic) bond motifs is 1. The van der Waals surface area contributed by atoms with Crippen LogP contribution < -0.4 is 9.47 Å². The van der Waals surface area contributed by atoms with E-state index in [-0.39, 0.29) is 23.7 Å². The van der Waals surface area contributed by atoms with Gasteiger partial charge in [-0.15, -0.1) is 0 Å². The molecule has 1 fully saturated rings. The maximum absolute atomic E-state index is 14.0. The topological polar surface area (TPSA) is 57.7 Å². The van der Waals surface area contributed by atoms with Crippen molar-refractivity contribution >= 4 is 28.5 Å². The lowest BCUT2D eigenvalue weighted by molar-refractivity contribution is -0.159. The summed E-state index contributed by atoms with van der Waals surface area (Å²) in [6.07, 6.45) is 2.20. The summed E-state index contributed by atoms with van der Waals surface area (Å²) in [5.41, 5.74) is 1.59. The molecule has 0 saturated heterocycles. The Bertz CT molecular complexity index is 1170. The van der Waals surface area contributed by atoms with Crippen molar-refractivity contribution in [3.63, 3.8) is 0 Å². The fourth-order valence-corrected chi connectivity index (χ4v) is 4.29. The van der Waals surface area contributed by atoms with E-state index in [1.807, 2.05) is 45.0 Å². The van der Waals surface area contributed by atoms with Crippen LogP contribution in [0, 0.1) is 11.7 Å². The van der Waals surface area contributed by atoms with E-state index in [1.165, 1.54) is 13.2 Å². The predicted molar refractivity (Wildman–Crippen MR) is 126 cm³/mol. The first-order valence-electron chi connectivity index (χ1n) is 11.0. The average molecular weight is 472 g/mol. The fourth-order valence-electron chi connectivity index (χ4n) is 4.03. The number of hydrogen-bond donors (Lipinski definition) is 0. The predicted octanol–water partition coefficient (Wildman–Crippen LogP) is 6.59. The molecule has 1 aromatic heterocycles. The van der Waals surface area contributed by atoms with Crippen LogP contribution in [-0.2, 0) is 9.53 Å². The largest absolute Gasteiger partial charge is 0.494 e. The third kappa shape index (κ3) is 5.38. The number of methoxy groups -OCH3 is 1. The number of ether oxygens (including phenoxy) is 3. The summed E-state index contributed by atoms with van der Waals surface area (Å²) in [5.74, 6) is 0.0835. The Kier molecular flexibility index (Phi) is 6.48. The van der Waals surface area contributed by atoms with E-state index in [1.54, 1.807) is 12.1 Å². The van der Waals surface area contributed by atoms with Gasteiger partial charge >= 0.3 is 5.97 Å². The molecule has 1 aliphatic carbocycles. The third-order valence-corrected chi connectivity index (χ3v) is 5.92. The SMILES string of the molecule is COc1cc2nc(-c3ccc(OC4CCC(C(=O)OC(C)(C)C)C4)cc3)cc(Cl)c2cc1F. The normalized spacial score (nSPS) is 18.4. The minimum Gasteiger partial charge on any atom is -0.494 e. The summed E-state index contributed by atoms with van der Waals surface area (Å²) in [6.45, 7) is 5.63. The van der Waals surface area contributed by atoms with Gasteiger partial charge in [0.15, 0.2) is 11.6 Å². The van der Waals surface area contributed by atoms with E-state index in [0.29, 0.717) is 28.0 Å². The second-order valence-corrected chi connectivity index (χ2v) is 9.71. The van der Waals surface area contributed by atoms with Crippen LogP contribution >= 0.6 is 11.6 Å². The molecular weight excluding hydrogens is 445 g/mol. The third-order valence-electron chi connectivity index (χ3n) is 5.61. The lowest BCUT2D eigenvalue weighted by Crippen LogP contribution is -2.28. The number of pyridine rings is 1. The van der Waals surface area contributed by atoms with Gasteiger partial charge in [0.25, 0.3) is 0 Å². The highest BCUT2D eigenvalue weighted by Gasteiger charge is 2.34. The first kappa shape index (κ1) is 23.3. The van der Waals surface area contributed by atoms with Crippen LogP contribution in [0.25, 0.3) is 22.2 Å². The highest BCUT2D eigenvalue weighted by molar-refractivity contribution is 6.35. The van der Waals surface area contributed by atoms with Gasteiger partial charge in [0, 0.05) is 17.0 Å². The van der Waals surface area contributed by atoms with Crippen molar-refractivity contribution in [1.82, 2.24) is 4.98 Å². The number of carbonyl (C=O) groups excluding carboxylic acids is 1. The Labute approximate surface area is 197 Å². The van der Waals surface area contributed by atoms with Gasteiger partial charge in [-0.25, -0.2) is 9.37 Å². The van der Waals surface area contributed by atoms with E-state index >= 15 is 0 Å². The smallest absolute Gasteiger partial charge is 0.309 e. The summed E-state index contributed by atoms with van der Waals surface area (Å²) in [5, 5.41) is 0.940. The zero-order valence-electron chi connectivity index (χ0n) is 19.2. The summed E-state index contributed by atoms with van der Waals surface area (Å²) < 4.78 is 30.7. The van der Waals surface area contributed by atoms with Gasteiger partial charge in [-0.3, -0.25) is 4.79 Å². The number of carbonyl (C=O) groups is 1. The Morgan fingerprint density at radius 2 is 1.85 bits per heavy atom. The number of rotatable bonds is 5. The molecular formula is C26H27ClFNO4. The monoisotopic (exact) mass is 471 g/mol. The molecule has 2 atom stereocenters. The average Bonchev–Trinajstić information content (AvgIpc) is 3.22. The first-order valence-corrected chi connectivity index (χ1v) is 11.3. The Morgan fingerprint density at radius 1 is 1.12 bits per heavy atom. The summed E-state index contributed by atoms with van der Waals surface area (Å²) >= 11 is 6.39. The molecule has 1 saturated carbocycles. The van der Waals surface area contributed by atoms with Crippen LogP contribution in [0.2, 0.25) is 5.02 Å². The van der Waals surface area contributed by atoms with Crippen LogP contribution in [0.4, 0.5) is 4.39 Å². The molecule has 1 aliphatic rings. The van der Waals surface area contributed by atoms with Gasteiger partial charge < -0.3 is 14.2 Å². The van der Waals surface area contributed by atoms with Crippen LogP contribution in [-0.4, -0.2) is 29.8 Å². The van der Waals surface area contributed by atoms with Crippen molar-refractivity contribution in [2.24, 2.45) is 5.92 Å². The van der Waals surface area contributed by atoms with Crippen molar-refractivity contribution in [2.75, 3.05) is 7.11 Å². The van der Waals surface area contributed by atoms with Gasteiger partial charge in [0.05, 0.1) is 35.4 Å². The van der Waals surface area contributed by atoms with Crippen LogP contribution in [0.5, 0.6) is 11.5 Å². The fraction of sp³-hybridized carbons (Fsp3) is 0.385. The minimum absolute atomic E-state index is 0.0241. The number of aromatic nitrogens is 1. The Morgan fingerprint density at radius 3 is 2.52 bits per heavy atom. The number of hydrogen-bond acceptors (Lipinski definition) is 5. The number of benzene rings is 2. The second-order valence-electron chi connectivity index (χ2n) is 9.30. The lowest BCUT2D eigenvalue weighted by atomic mass is 10.1. The molecule has 1 heterocycles. The minimum atomic E-state index is -0.483. The molecule has 2 aromatic carbocycles. The Balaban J connectivity index is 1.46. The lowest BCUT2D eigenvalue weighted by Gasteiger charge is -2.22. The summed E-state index contributed by atoms with van der Waals surface area (Å²) in [6, 6.07) is 12.1. The van der Waals surface area contributed by atoms with Crippen LogP contribution in [0.15, 0.2) is 42.5 Å². The highest BCUT2D eigenvalue weighted by atomic mass is 35.5. The zero-order valence-corrected chi connectivity index (χ0v) is 19.9. The first-order chi connectivity index (χ1) is 15.6. The summed E-state index contributed by atoms with van der Waals surface area (Å²) in [7, 11) is 1.41. The van der Waals surface area contributed by atoms with E-state index in [2.05, 4.69) is 4.98 Å². The molecule has 0 bridgehead atoms. The molecule has 0 amide bonds.